The van der Waals surface area contributed by atoms with Crippen LogP contribution in [0.5, 0.6) is 11.5 Å². The molecule has 2 aliphatic rings. The second-order valence-electron chi connectivity index (χ2n) is 8.89. The number of aromatic carboxylic acids is 1. The number of para-hydroxylation sites is 2. The molecule has 2 aliphatic heterocycles. The largest absolute Gasteiger partial charge is 0.495 e. The summed E-state index contributed by atoms with van der Waals surface area (Å²) < 4.78 is 11.6. The Morgan fingerprint density at radius 1 is 1.00 bits per heavy atom. The van der Waals surface area contributed by atoms with Crippen molar-refractivity contribution in [1.29, 1.82) is 0 Å². The predicted molar refractivity (Wildman–Crippen MR) is 132 cm³/mol. The Kier molecular flexibility index (Phi) is 6.41. The molecule has 1 N–H and O–H groups in total. The average Bonchev–Trinajstić information content (AvgIpc) is 3.04. The van der Waals surface area contributed by atoms with E-state index in [9.17, 15) is 9.90 Å². The van der Waals surface area contributed by atoms with Gasteiger partial charge in [0.25, 0.3) is 0 Å². The zero-order valence-corrected chi connectivity index (χ0v) is 19.4. The van der Waals surface area contributed by atoms with Crippen molar-refractivity contribution in [1.82, 2.24) is 4.90 Å². The van der Waals surface area contributed by atoms with Crippen LogP contribution in [0.2, 0.25) is 0 Å². The lowest BCUT2D eigenvalue weighted by molar-refractivity contribution is 0.0696. The minimum atomic E-state index is -0.911. The highest BCUT2D eigenvalue weighted by molar-refractivity contribution is 5.88. The van der Waals surface area contributed by atoms with E-state index in [1.807, 2.05) is 24.3 Å². The smallest absolute Gasteiger partial charge is 0.335 e. The van der Waals surface area contributed by atoms with E-state index in [-0.39, 0.29) is 5.92 Å². The molecular weight excluding hydrogens is 428 g/mol. The van der Waals surface area contributed by atoms with Crippen LogP contribution < -0.4 is 14.4 Å². The summed E-state index contributed by atoms with van der Waals surface area (Å²) in [6, 6.07) is 21.8. The van der Waals surface area contributed by atoms with Gasteiger partial charge in [0.2, 0.25) is 0 Å². The van der Waals surface area contributed by atoms with Gasteiger partial charge in [-0.2, -0.15) is 0 Å². The number of nitrogens with zero attached hydrogens (tertiary/aromatic N) is 2. The van der Waals surface area contributed by atoms with Gasteiger partial charge >= 0.3 is 5.97 Å². The molecule has 0 aliphatic carbocycles. The van der Waals surface area contributed by atoms with Crippen LogP contribution in [0.4, 0.5) is 5.69 Å². The molecule has 6 nitrogen and oxygen atoms in total. The lowest BCUT2D eigenvalue weighted by atomic mass is 9.85. The minimum Gasteiger partial charge on any atom is -0.495 e. The third-order valence-corrected chi connectivity index (χ3v) is 6.98. The molecule has 0 bridgehead atoms. The zero-order chi connectivity index (χ0) is 23.5. The second kappa shape index (κ2) is 9.77. The molecule has 34 heavy (non-hydrogen) atoms. The quantitative estimate of drug-likeness (QED) is 0.581. The summed E-state index contributed by atoms with van der Waals surface area (Å²) in [7, 11) is 1.72. The number of hydrogen-bond donors (Lipinski definition) is 1. The molecule has 1 fully saturated rings. The fraction of sp³-hybridized carbons (Fsp3) is 0.321. The number of anilines is 1. The van der Waals surface area contributed by atoms with E-state index < -0.39 is 5.97 Å². The van der Waals surface area contributed by atoms with E-state index in [4.69, 9.17) is 9.47 Å². The first kappa shape index (κ1) is 22.3. The van der Waals surface area contributed by atoms with E-state index in [1.54, 1.807) is 19.2 Å². The standard InChI is InChI=1S/C28H30N2O4/c1-33-27-9-5-4-8-25(27)30-16-14-29(15-17-30)13-12-23-22-7-3-2-6-21(22)19-34-26-11-10-20(28(31)32)18-24(23)26/h2-11,18,23H,12-17,19H2,1H3,(H,31,32). The van der Waals surface area contributed by atoms with Crippen molar-refractivity contribution in [3.63, 3.8) is 0 Å². The summed E-state index contributed by atoms with van der Waals surface area (Å²) in [6.07, 6.45) is 0.908. The third kappa shape index (κ3) is 4.46. The summed E-state index contributed by atoms with van der Waals surface area (Å²) in [5.41, 5.74) is 4.82. The first-order valence-corrected chi connectivity index (χ1v) is 11.8. The Morgan fingerprint density at radius 3 is 2.56 bits per heavy atom. The summed E-state index contributed by atoms with van der Waals surface area (Å²) in [6.45, 7) is 5.30. The number of methoxy groups -OCH3 is 1. The number of hydrogen-bond acceptors (Lipinski definition) is 5. The SMILES string of the molecule is COc1ccccc1N1CCN(CCC2c3ccccc3COc3ccc(C(=O)O)cc32)CC1. The molecule has 3 aromatic carbocycles. The normalized spacial score (nSPS) is 17.8. The summed E-state index contributed by atoms with van der Waals surface area (Å²) in [4.78, 5) is 16.5. The topological polar surface area (TPSA) is 62.2 Å². The Balaban J connectivity index is 1.33. The van der Waals surface area contributed by atoms with E-state index >= 15 is 0 Å². The predicted octanol–water partition coefficient (Wildman–Crippen LogP) is 4.63. The number of carboxylic acids is 1. The van der Waals surface area contributed by atoms with Crippen LogP contribution in [-0.2, 0) is 6.61 Å². The van der Waals surface area contributed by atoms with Gasteiger partial charge in [-0.05, 0) is 54.4 Å². The Hall–Kier alpha value is -3.51. The van der Waals surface area contributed by atoms with Crippen LogP contribution in [0.15, 0.2) is 66.7 Å². The third-order valence-electron chi connectivity index (χ3n) is 6.98. The van der Waals surface area contributed by atoms with Gasteiger partial charge in [-0.25, -0.2) is 4.79 Å². The summed E-state index contributed by atoms with van der Waals surface area (Å²) >= 11 is 0. The van der Waals surface area contributed by atoms with E-state index in [1.165, 1.54) is 11.1 Å². The molecule has 3 aromatic rings. The number of benzene rings is 3. The Labute approximate surface area is 200 Å². The fourth-order valence-electron chi connectivity index (χ4n) is 5.14. The molecule has 1 saturated heterocycles. The van der Waals surface area contributed by atoms with Gasteiger partial charge in [0.05, 0.1) is 18.4 Å². The number of piperazine rings is 1. The molecule has 0 radical (unpaired) electrons. The molecule has 6 heteroatoms. The first-order chi connectivity index (χ1) is 16.6. The second-order valence-corrected chi connectivity index (χ2v) is 8.89. The molecule has 176 valence electrons. The molecule has 0 saturated carbocycles. The molecular formula is C28H30N2O4. The van der Waals surface area contributed by atoms with Crippen molar-refractivity contribution in [2.24, 2.45) is 0 Å². The Bertz CT molecular complexity index is 1170. The maximum absolute atomic E-state index is 11.7. The molecule has 1 atom stereocenters. The molecule has 5 rings (SSSR count). The number of carbonyl (C=O) groups is 1. The monoisotopic (exact) mass is 458 g/mol. The summed E-state index contributed by atoms with van der Waals surface area (Å²) in [5, 5.41) is 9.57. The maximum atomic E-state index is 11.7. The van der Waals surface area contributed by atoms with Crippen LogP contribution in [0.25, 0.3) is 0 Å². The highest BCUT2D eigenvalue weighted by Crippen LogP contribution is 2.40. The lowest BCUT2D eigenvalue weighted by Gasteiger charge is -2.37. The highest BCUT2D eigenvalue weighted by atomic mass is 16.5. The van der Waals surface area contributed by atoms with Crippen LogP contribution in [0.3, 0.4) is 0 Å². The molecule has 2 heterocycles. The molecule has 0 spiro atoms. The van der Waals surface area contributed by atoms with Crippen LogP contribution in [0, 0.1) is 0 Å². The van der Waals surface area contributed by atoms with E-state index in [0.717, 1.165) is 61.9 Å². The van der Waals surface area contributed by atoms with Gasteiger partial charge in [0.15, 0.2) is 0 Å². The van der Waals surface area contributed by atoms with Crippen LogP contribution in [0.1, 0.15) is 39.4 Å². The van der Waals surface area contributed by atoms with Gasteiger partial charge in [0, 0.05) is 37.7 Å². The first-order valence-electron chi connectivity index (χ1n) is 11.8. The number of rotatable bonds is 6. The van der Waals surface area contributed by atoms with Crippen molar-refractivity contribution in [3.8, 4) is 11.5 Å². The van der Waals surface area contributed by atoms with Crippen LogP contribution >= 0.6 is 0 Å². The zero-order valence-electron chi connectivity index (χ0n) is 19.4. The maximum Gasteiger partial charge on any atom is 0.335 e. The van der Waals surface area contributed by atoms with Gasteiger partial charge in [-0.15, -0.1) is 0 Å². The average molecular weight is 459 g/mol. The molecule has 0 amide bonds. The molecule has 1 unspecified atom stereocenters. The number of ether oxygens (including phenoxy) is 2. The van der Waals surface area contributed by atoms with Crippen molar-refractivity contribution < 1.29 is 19.4 Å². The lowest BCUT2D eigenvalue weighted by Crippen LogP contribution is -2.47. The fourth-order valence-corrected chi connectivity index (χ4v) is 5.14. The number of carboxylic acid groups (broad SMARTS) is 1. The van der Waals surface area contributed by atoms with Crippen molar-refractivity contribution in [3.05, 3.63) is 89.0 Å². The van der Waals surface area contributed by atoms with Crippen molar-refractivity contribution >= 4 is 11.7 Å². The van der Waals surface area contributed by atoms with E-state index in [2.05, 4.69) is 40.1 Å². The summed E-state index contributed by atoms with van der Waals surface area (Å²) in [5.74, 6) is 0.885. The van der Waals surface area contributed by atoms with Crippen molar-refractivity contribution in [2.45, 2.75) is 18.9 Å². The molecule has 0 aromatic heterocycles. The van der Waals surface area contributed by atoms with Gasteiger partial charge in [0.1, 0.15) is 18.1 Å². The van der Waals surface area contributed by atoms with Crippen LogP contribution in [-0.4, -0.2) is 55.8 Å². The number of fused-ring (bicyclic) bond motifs is 2. The minimum absolute atomic E-state index is 0.0975. The highest BCUT2D eigenvalue weighted by Gasteiger charge is 2.27. The van der Waals surface area contributed by atoms with Gasteiger partial charge in [-0.1, -0.05) is 36.4 Å². The Morgan fingerprint density at radius 2 is 1.76 bits per heavy atom. The van der Waals surface area contributed by atoms with Crippen molar-refractivity contribution in [2.75, 3.05) is 44.7 Å². The van der Waals surface area contributed by atoms with E-state index in [0.29, 0.717) is 12.2 Å². The van der Waals surface area contributed by atoms with Gasteiger partial charge in [-0.3, -0.25) is 4.90 Å². The van der Waals surface area contributed by atoms with Gasteiger partial charge < -0.3 is 19.5 Å².